The maximum Gasteiger partial charge on any atom is 0.266 e. The lowest BCUT2D eigenvalue weighted by molar-refractivity contribution is 0.0920. The van der Waals surface area contributed by atoms with E-state index in [4.69, 9.17) is 9.72 Å². The molecule has 1 aromatic heterocycles. The predicted molar refractivity (Wildman–Crippen MR) is 113 cm³/mol. The first-order valence-corrected chi connectivity index (χ1v) is 10.3. The summed E-state index contributed by atoms with van der Waals surface area (Å²) in [7, 11) is 0. The monoisotopic (exact) mass is 382 g/mol. The number of thioether (sulfide) groups is 1. The van der Waals surface area contributed by atoms with E-state index in [1.54, 1.807) is 16.3 Å². The number of nitrogens with zero attached hydrogens (tertiary/aromatic N) is 2. The van der Waals surface area contributed by atoms with Crippen molar-refractivity contribution in [3.05, 3.63) is 64.4 Å². The summed E-state index contributed by atoms with van der Waals surface area (Å²) in [6, 6.07) is 15.6. The lowest BCUT2D eigenvalue weighted by Crippen LogP contribution is -2.23. The molecule has 0 N–H and O–H groups in total. The number of benzene rings is 2. The van der Waals surface area contributed by atoms with Crippen LogP contribution >= 0.6 is 11.8 Å². The minimum Gasteiger partial charge on any atom is -0.378 e. The molecule has 27 heavy (non-hydrogen) atoms. The van der Waals surface area contributed by atoms with Crippen molar-refractivity contribution in [1.82, 2.24) is 9.55 Å². The van der Waals surface area contributed by atoms with Crippen molar-refractivity contribution in [2.45, 2.75) is 44.9 Å². The van der Waals surface area contributed by atoms with Gasteiger partial charge in [0, 0.05) is 5.75 Å². The van der Waals surface area contributed by atoms with E-state index in [-0.39, 0.29) is 11.7 Å². The summed E-state index contributed by atoms with van der Waals surface area (Å²) in [6.45, 7) is 8.95. The largest absolute Gasteiger partial charge is 0.378 e. The van der Waals surface area contributed by atoms with Crippen LogP contribution in [0.1, 0.15) is 39.2 Å². The highest BCUT2D eigenvalue weighted by molar-refractivity contribution is 7.99. The molecule has 0 spiro atoms. The summed E-state index contributed by atoms with van der Waals surface area (Å²) >= 11 is 1.56. The van der Waals surface area contributed by atoms with Gasteiger partial charge in [0.05, 0.1) is 29.3 Å². The fourth-order valence-corrected chi connectivity index (χ4v) is 3.85. The van der Waals surface area contributed by atoms with E-state index in [1.807, 2.05) is 56.3 Å². The minimum atomic E-state index is -0.0269. The van der Waals surface area contributed by atoms with Crippen molar-refractivity contribution in [3.63, 3.8) is 0 Å². The molecule has 0 unspecified atom stereocenters. The number of rotatable bonds is 7. The first kappa shape index (κ1) is 19.6. The molecule has 0 radical (unpaired) electrons. The van der Waals surface area contributed by atoms with Gasteiger partial charge in [-0.1, -0.05) is 55.9 Å². The Morgan fingerprint density at radius 1 is 1.04 bits per heavy atom. The number of para-hydroxylation sites is 2. The van der Waals surface area contributed by atoms with Crippen molar-refractivity contribution in [2.24, 2.45) is 0 Å². The van der Waals surface area contributed by atoms with Crippen LogP contribution < -0.4 is 5.56 Å². The van der Waals surface area contributed by atoms with Gasteiger partial charge >= 0.3 is 0 Å². The average molecular weight is 383 g/mol. The Balaban J connectivity index is 2.13. The van der Waals surface area contributed by atoms with E-state index >= 15 is 0 Å². The van der Waals surface area contributed by atoms with Crippen LogP contribution in [0.25, 0.3) is 16.6 Å². The standard InChI is InChI=1S/C22H26N2O2S/c1-15(2)17-9-6-8-12-20(17)24-21(25)18-10-5-7-11-19(18)23-22(24)27-14-13-26-16(3)4/h5-12,15-16H,13-14H2,1-4H3. The average Bonchev–Trinajstić information content (AvgIpc) is 2.65. The number of ether oxygens (including phenoxy) is 1. The highest BCUT2D eigenvalue weighted by Crippen LogP contribution is 2.27. The topological polar surface area (TPSA) is 44.1 Å². The Bertz CT molecular complexity index is 979. The summed E-state index contributed by atoms with van der Waals surface area (Å²) in [5.74, 6) is 1.05. The fourth-order valence-electron chi connectivity index (χ4n) is 3.02. The quantitative estimate of drug-likeness (QED) is 0.327. The van der Waals surface area contributed by atoms with Gasteiger partial charge in [-0.25, -0.2) is 4.98 Å². The molecular weight excluding hydrogens is 356 g/mol. The lowest BCUT2D eigenvalue weighted by atomic mass is 10.0. The van der Waals surface area contributed by atoms with E-state index in [9.17, 15) is 4.79 Å². The molecule has 0 atom stereocenters. The molecule has 4 nitrogen and oxygen atoms in total. The first-order chi connectivity index (χ1) is 13.0. The molecular formula is C22H26N2O2S. The Hall–Kier alpha value is -2.11. The second-order valence-corrected chi connectivity index (χ2v) is 8.10. The third-order valence-electron chi connectivity index (χ3n) is 4.31. The van der Waals surface area contributed by atoms with Gasteiger partial charge < -0.3 is 4.74 Å². The molecule has 0 aliphatic rings. The molecule has 2 aromatic carbocycles. The number of aromatic nitrogens is 2. The zero-order chi connectivity index (χ0) is 19.4. The fraction of sp³-hybridized carbons (Fsp3) is 0.364. The molecule has 1 heterocycles. The zero-order valence-electron chi connectivity index (χ0n) is 16.3. The molecule has 0 aliphatic heterocycles. The van der Waals surface area contributed by atoms with Crippen LogP contribution in [-0.2, 0) is 4.74 Å². The van der Waals surface area contributed by atoms with Crippen LogP contribution in [0.4, 0.5) is 0 Å². The SMILES string of the molecule is CC(C)OCCSc1nc2ccccc2c(=O)n1-c1ccccc1C(C)C. The molecule has 0 saturated heterocycles. The molecule has 0 fully saturated rings. The number of hydrogen-bond donors (Lipinski definition) is 0. The third-order valence-corrected chi connectivity index (χ3v) is 5.21. The number of hydrogen-bond acceptors (Lipinski definition) is 4. The summed E-state index contributed by atoms with van der Waals surface area (Å²) in [6.07, 6.45) is 0.194. The van der Waals surface area contributed by atoms with Crippen molar-refractivity contribution in [3.8, 4) is 5.69 Å². The molecule has 0 saturated carbocycles. The highest BCUT2D eigenvalue weighted by Gasteiger charge is 2.16. The van der Waals surface area contributed by atoms with Gasteiger partial charge in [-0.2, -0.15) is 0 Å². The smallest absolute Gasteiger partial charge is 0.266 e. The van der Waals surface area contributed by atoms with Gasteiger partial charge in [-0.05, 0) is 43.5 Å². The summed E-state index contributed by atoms with van der Waals surface area (Å²) < 4.78 is 7.41. The van der Waals surface area contributed by atoms with Crippen molar-refractivity contribution in [1.29, 1.82) is 0 Å². The van der Waals surface area contributed by atoms with E-state index in [0.29, 0.717) is 23.1 Å². The lowest BCUT2D eigenvalue weighted by Gasteiger charge is -2.18. The zero-order valence-corrected chi connectivity index (χ0v) is 17.1. The van der Waals surface area contributed by atoms with E-state index in [2.05, 4.69) is 19.9 Å². The highest BCUT2D eigenvalue weighted by atomic mass is 32.2. The van der Waals surface area contributed by atoms with Crippen molar-refractivity contribution < 1.29 is 4.74 Å². The molecule has 3 aromatic rings. The van der Waals surface area contributed by atoms with Gasteiger partial charge in [0.25, 0.3) is 5.56 Å². The predicted octanol–water partition coefficient (Wildman–Crippen LogP) is 5.03. The number of fused-ring (bicyclic) bond motifs is 1. The third kappa shape index (κ3) is 4.42. The Morgan fingerprint density at radius 2 is 1.74 bits per heavy atom. The summed E-state index contributed by atoms with van der Waals surface area (Å²) in [5.41, 5.74) is 2.74. The Morgan fingerprint density at radius 3 is 2.48 bits per heavy atom. The van der Waals surface area contributed by atoms with Crippen LogP contribution in [0.2, 0.25) is 0 Å². The van der Waals surface area contributed by atoms with Gasteiger partial charge in [0.2, 0.25) is 0 Å². The summed E-state index contributed by atoms with van der Waals surface area (Å²) in [5, 5.41) is 1.35. The van der Waals surface area contributed by atoms with Crippen LogP contribution in [0.5, 0.6) is 0 Å². The molecule has 5 heteroatoms. The Labute approximate surface area is 164 Å². The van der Waals surface area contributed by atoms with Gasteiger partial charge in [0.1, 0.15) is 0 Å². The molecule has 0 aliphatic carbocycles. The molecule has 142 valence electrons. The van der Waals surface area contributed by atoms with Crippen LogP contribution in [0, 0.1) is 0 Å². The summed E-state index contributed by atoms with van der Waals surface area (Å²) in [4.78, 5) is 18.1. The van der Waals surface area contributed by atoms with Crippen molar-refractivity contribution >= 4 is 22.7 Å². The molecule has 3 rings (SSSR count). The van der Waals surface area contributed by atoms with Crippen LogP contribution in [-0.4, -0.2) is 28.0 Å². The molecule has 0 amide bonds. The Kier molecular flexibility index (Phi) is 6.34. The van der Waals surface area contributed by atoms with Gasteiger partial charge in [-0.3, -0.25) is 9.36 Å². The maximum absolute atomic E-state index is 13.3. The first-order valence-electron chi connectivity index (χ1n) is 9.34. The maximum atomic E-state index is 13.3. The second-order valence-electron chi connectivity index (χ2n) is 7.03. The second kappa shape index (κ2) is 8.72. The van der Waals surface area contributed by atoms with Gasteiger partial charge in [-0.15, -0.1) is 0 Å². The molecule has 0 bridgehead atoms. The van der Waals surface area contributed by atoms with Crippen LogP contribution in [0.3, 0.4) is 0 Å². The van der Waals surface area contributed by atoms with E-state index in [0.717, 1.165) is 22.5 Å². The van der Waals surface area contributed by atoms with Crippen LogP contribution in [0.15, 0.2) is 58.5 Å². The minimum absolute atomic E-state index is 0.0269. The van der Waals surface area contributed by atoms with E-state index < -0.39 is 0 Å². The van der Waals surface area contributed by atoms with Crippen molar-refractivity contribution in [2.75, 3.05) is 12.4 Å². The van der Waals surface area contributed by atoms with Gasteiger partial charge in [0.15, 0.2) is 5.16 Å². The normalized spacial score (nSPS) is 11.6. The van der Waals surface area contributed by atoms with E-state index in [1.165, 1.54) is 0 Å².